The highest BCUT2D eigenvalue weighted by Crippen LogP contribution is 2.25. The Morgan fingerprint density at radius 1 is 1.04 bits per heavy atom. The summed E-state index contributed by atoms with van der Waals surface area (Å²) < 4.78 is 0. The van der Waals surface area contributed by atoms with Crippen molar-refractivity contribution in [2.24, 2.45) is 5.10 Å². The first-order valence-electron chi connectivity index (χ1n) is 6.90. The molecule has 25 heavy (non-hydrogen) atoms. The van der Waals surface area contributed by atoms with Crippen LogP contribution in [-0.2, 0) is 9.59 Å². The molecule has 0 saturated heterocycles. The number of carbonyl (C=O) groups is 2. The van der Waals surface area contributed by atoms with Crippen LogP contribution in [0.2, 0.25) is 15.1 Å². The zero-order chi connectivity index (χ0) is 18.4. The van der Waals surface area contributed by atoms with Crippen LogP contribution >= 0.6 is 34.8 Å². The van der Waals surface area contributed by atoms with Crippen LogP contribution < -0.4 is 10.7 Å². The van der Waals surface area contributed by atoms with Gasteiger partial charge in [-0.3, -0.25) is 9.59 Å². The van der Waals surface area contributed by atoms with Crippen LogP contribution in [0.25, 0.3) is 0 Å². The molecule has 0 aliphatic heterocycles. The molecule has 0 spiro atoms. The number of hydrazone groups is 1. The average Bonchev–Trinajstić information content (AvgIpc) is 2.54. The standard InChI is InChI=1S/C16H12Cl3N3O3/c17-10-1-4-14(23)9(5-10)8-20-22-16(25)7-15(24)21-11-2-3-12(18)13(19)6-11/h1-6,8,23H,7H2,(H,21,24)(H,22,25). The first kappa shape index (κ1) is 19.1. The number of aromatic hydroxyl groups is 1. The maximum atomic E-state index is 11.8. The normalized spacial score (nSPS) is 10.7. The average molecular weight is 401 g/mol. The fraction of sp³-hybridized carbons (Fsp3) is 0.0625. The summed E-state index contributed by atoms with van der Waals surface area (Å²) in [6.07, 6.45) is 0.773. The highest BCUT2D eigenvalue weighted by Gasteiger charge is 2.10. The lowest BCUT2D eigenvalue weighted by molar-refractivity contribution is -0.126. The molecule has 2 aromatic carbocycles. The fourth-order valence-electron chi connectivity index (χ4n) is 1.77. The summed E-state index contributed by atoms with van der Waals surface area (Å²) in [5, 5.41) is 16.8. The van der Waals surface area contributed by atoms with E-state index in [-0.39, 0.29) is 10.8 Å². The van der Waals surface area contributed by atoms with Gasteiger partial charge in [-0.15, -0.1) is 0 Å². The van der Waals surface area contributed by atoms with Gasteiger partial charge in [0.2, 0.25) is 11.8 Å². The van der Waals surface area contributed by atoms with Crippen molar-refractivity contribution in [1.82, 2.24) is 5.43 Å². The molecule has 0 aliphatic carbocycles. The molecule has 130 valence electrons. The molecule has 2 rings (SSSR count). The van der Waals surface area contributed by atoms with E-state index >= 15 is 0 Å². The van der Waals surface area contributed by atoms with Crippen LogP contribution in [0.4, 0.5) is 5.69 Å². The number of hydrogen-bond donors (Lipinski definition) is 3. The highest BCUT2D eigenvalue weighted by atomic mass is 35.5. The molecule has 0 aromatic heterocycles. The maximum absolute atomic E-state index is 11.8. The molecule has 0 fully saturated rings. The molecule has 0 atom stereocenters. The number of nitrogens with zero attached hydrogens (tertiary/aromatic N) is 1. The van der Waals surface area contributed by atoms with Gasteiger partial charge < -0.3 is 10.4 Å². The number of benzene rings is 2. The van der Waals surface area contributed by atoms with Gasteiger partial charge in [0.15, 0.2) is 0 Å². The minimum absolute atomic E-state index is 0.0419. The number of phenols is 1. The van der Waals surface area contributed by atoms with E-state index in [0.717, 1.165) is 0 Å². The summed E-state index contributed by atoms with van der Waals surface area (Å²) in [4.78, 5) is 23.5. The fourth-order valence-corrected chi connectivity index (χ4v) is 2.25. The van der Waals surface area contributed by atoms with Crippen LogP contribution in [0.3, 0.4) is 0 Å². The summed E-state index contributed by atoms with van der Waals surface area (Å²) in [7, 11) is 0. The van der Waals surface area contributed by atoms with E-state index in [2.05, 4.69) is 15.8 Å². The number of halogens is 3. The van der Waals surface area contributed by atoms with Gasteiger partial charge >= 0.3 is 0 Å². The minimum Gasteiger partial charge on any atom is -0.507 e. The minimum atomic E-state index is -0.629. The van der Waals surface area contributed by atoms with Crippen LogP contribution in [0.1, 0.15) is 12.0 Å². The van der Waals surface area contributed by atoms with Gasteiger partial charge in [0.1, 0.15) is 12.2 Å². The number of nitrogens with one attached hydrogen (secondary N) is 2. The zero-order valence-electron chi connectivity index (χ0n) is 12.6. The van der Waals surface area contributed by atoms with Gasteiger partial charge in [-0.2, -0.15) is 5.10 Å². The number of phenolic OH excluding ortho intramolecular Hbond substituents is 1. The van der Waals surface area contributed by atoms with Crippen molar-refractivity contribution in [3.63, 3.8) is 0 Å². The van der Waals surface area contributed by atoms with Gasteiger partial charge in [0.25, 0.3) is 0 Å². The Labute approximate surface area is 158 Å². The molecule has 9 heteroatoms. The smallest absolute Gasteiger partial charge is 0.249 e. The van der Waals surface area contributed by atoms with Gasteiger partial charge in [-0.05, 0) is 36.4 Å². The van der Waals surface area contributed by atoms with Crippen molar-refractivity contribution >= 4 is 58.5 Å². The van der Waals surface area contributed by atoms with Gasteiger partial charge in [-0.25, -0.2) is 5.43 Å². The van der Waals surface area contributed by atoms with Gasteiger partial charge in [0.05, 0.1) is 16.3 Å². The van der Waals surface area contributed by atoms with Crippen molar-refractivity contribution in [2.45, 2.75) is 6.42 Å². The van der Waals surface area contributed by atoms with E-state index in [1.807, 2.05) is 0 Å². The van der Waals surface area contributed by atoms with E-state index in [0.29, 0.717) is 21.3 Å². The summed E-state index contributed by atoms with van der Waals surface area (Å²) in [6, 6.07) is 8.95. The van der Waals surface area contributed by atoms with Crippen molar-refractivity contribution in [3.05, 3.63) is 57.0 Å². The molecule has 0 heterocycles. The Balaban J connectivity index is 1.87. The SMILES string of the molecule is O=C(CC(=O)Nc1ccc(Cl)c(Cl)c1)NN=Cc1cc(Cl)ccc1O. The van der Waals surface area contributed by atoms with Crippen molar-refractivity contribution in [1.29, 1.82) is 0 Å². The summed E-state index contributed by atoms with van der Waals surface area (Å²) >= 11 is 17.4. The Kier molecular flexibility index (Phi) is 6.64. The summed E-state index contributed by atoms with van der Waals surface area (Å²) in [6.45, 7) is 0. The summed E-state index contributed by atoms with van der Waals surface area (Å²) in [5.74, 6) is -1.22. The maximum Gasteiger partial charge on any atom is 0.249 e. The first-order chi connectivity index (χ1) is 11.8. The second-order valence-corrected chi connectivity index (χ2v) is 6.10. The molecule has 0 bridgehead atoms. The van der Waals surface area contributed by atoms with Crippen LogP contribution in [0.15, 0.2) is 41.5 Å². The largest absolute Gasteiger partial charge is 0.507 e. The lowest BCUT2D eigenvalue weighted by Gasteiger charge is -2.05. The first-order valence-corrected chi connectivity index (χ1v) is 8.04. The molecular formula is C16H12Cl3N3O3. The Morgan fingerprint density at radius 2 is 1.80 bits per heavy atom. The molecule has 2 amide bonds. The highest BCUT2D eigenvalue weighted by molar-refractivity contribution is 6.42. The third kappa shape index (κ3) is 5.94. The molecule has 0 aliphatic rings. The number of carbonyl (C=O) groups excluding carboxylic acids is 2. The molecule has 3 N–H and O–H groups in total. The Bertz CT molecular complexity index is 841. The number of amides is 2. The second-order valence-electron chi connectivity index (χ2n) is 4.85. The molecular weight excluding hydrogens is 389 g/mol. The van der Waals surface area contributed by atoms with Gasteiger partial charge in [0, 0.05) is 16.3 Å². The van der Waals surface area contributed by atoms with E-state index in [4.69, 9.17) is 34.8 Å². The number of rotatable bonds is 5. The topological polar surface area (TPSA) is 90.8 Å². The third-order valence-electron chi connectivity index (χ3n) is 2.91. The Hall–Kier alpha value is -2.28. The van der Waals surface area contributed by atoms with Crippen molar-refractivity contribution < 1.29 is 14.7 Å². The van der Waals surface area contributed by atoms with Crippen LogP contribution in [0, 0.1) is 0 Å². The number of hydrogen-bond acceptors (Lipinski definition) is 4. The quantitative estimate of drug-likeness (QED) is 0.405. The molecule has 0 radical (unpaired) electrons. The van der Waals surface area contributed by atoms with Crippen molar-refractivity contribution in [2.75, 3.05) is 5.32 Å². The number of anilines is 1. The predicted molar refractivity (Wildman–Crippen MR) is 98.6 cm³/mol. The van der Waals surface area contributed by atoms with E-state index in [9.17, 15) is 14.7 Å². The van der Waals surface area contributed by atoms with Gasteiger partial charge in [-0.1, -0.05) is 34.8 Å². The molecule has 6 nitrogen and oxygen atoms in total. The molecule has 0 saturated carbocycles. The van der Waals surface area contributed by atoms with Crippen LogP contribution in [0.5, 0.6) is 5.75 Å². The zero-order valence-corrected chi connectivity index (χ0v) is 14.9. The lowest BCUT2D eigenvalue weighted by Crippen LogP contribution is -2.24. The summed E-state index contributed by atoms with van der Waals surface area (Å²) in [5.41, 5.74) is 2.93. The molecule has 2 aromatic rings. The molecule has 0 unspecified atom stereocenters. The monoisotopic (exact) mass is 399 g/mol. The van der Waals surface area contributed by atoms with E-state index in [1.165, 1.54) is 36.5 Å². The Morgan fingerprint density at radius 3 is 2.52 bits per heavy atom. The van der Waals surface area contributed by atoms with Crippen LogP contribution in [-0.4, -0.2) is 23.1 Å². The second kappa shape index (κ2) is 8.71. The lowest BCUT2D eigenvalue weighted by atomic mass is 10.2. The van der Waals surface area contributed by atoms with E-state index < -0.39 is 18.2 Å². The third-order valence-corrected chi connectivity index (χ3v) is 3.88. The van der Waals surface area contributed by atoms with Crippen molar-refractivity contribution in [3.8, 4) is 5.75 Å². The van der Waals surface area contributed by atoms with E-state index in [1.54, 1.807) is 6.07 Å². The predicted octanol–water partition coefficient (Wildman–Crippen LogP) is 3.83.